The molecule has 0 saturated carbocycles. The Morgan fingerprint density at radius 2 is 1.73 bits per heavy atom. The van der Waals surface area contributed by atoms with Crippen molar-refractivity contribution in [1.82, 2.24) is 10.3 Å². The number of carboxylic acids is 2. The van der Waals surface area contributed by atoms with Gasteiger partial charge in [-0.25, -0.2) is 9.59 Å². The van der Waals surface area contributed by atoms with Crippen molar-refractivity contribution in [3.8, 4) is 17.1 Å². The number of aromatic hydroxyl groups is 1. The third kappa shape index (κ3) is 4.59. The zero-order chi connectivity index (χ0) is 26.3. The SMILES string of the molecule is O=C(O)c1cc(C(=O)O)cc(-c2ccc([C@@H]3[C@H](c4ccccn4)NC(=S)N3c3cc(Cl)ccc3O)o2)c1. The predicted molar refractivity (Wildman–Crippen MR) is 139 cm³/mol. The molecule has 2 atom stereocenters. The Kier molecular flexibility index (Phi) is 6.28. The van der Waals surface area contributed by atoms with E-state index in [1.54, 1.807) is 41.4 Å². The number of furan rings is 1. The summed E-state index contributed by atoms with van der Waals surface area (Å²) in [5.74, 6) is -1.91. The van der Waals surface area contributed by atoms with E-state index in [1.807, 2.05) is 12.1 Å². The van der Waals surface area contributed by atoms with Crippen molar-refractivity contribution in [2.45, 2.75) is 12.1 Å². The van der Waals surface area contributed by atoms with Crippen molar-refractivity contribution in [3.63, 3.8) is 0 Å². The zero-order valence-corrected chi connectivity index (χ0v) is 20.4. The number of aromatic nitrogens is 1. The molecule has 0 unspecified atom stereocenters. The number of anilines is 1. The van der Waals surface area contributed by atoms with E-state index in [4.69, 9.17) is 28.2 Å². The minimum atomic E-state index is -1.26. The predicted octanol–water partition coefficient (Wildman–Crippen LogP) is 5.27. The standard InChI is InChI=1S/C26H18ClN3O6S/c27-16-4-5-19(31)18(12-16)30-23(22(29-26(30)37)17-3-1-2-8-28-17)21-7-6-20(36-21)13-9-14(24(32)33)11-15(10-13)25(34)35/h1-12,22-23,31H,(H,29,37)(H,32,33)(H,34,35)/t22-,23+/m0/s1. The number of rotatable bonds is 6. The molecule has 0 radical (unpaired) electrons. The maximum atomic E-state index is 11.6. The molecule has 0 spiro atoms. The number of hydrogen-bond acceptors (Lipinski definition) is 6. The number of phenolic OH excluding ortho intramolecular Hbond substituents is 1. The van der Waals surface area contributed by atoms with E-state index in [-0.39, 0.29) is 28.2 Å². The van der Waals surface area contributed by atoms with Crippen LogP contribution in [-0.4, -0.2) is 37.4 Å². The molecule has 0 amide bonds. The second kappa shape index (κ2) is 9.57. The van der Waals surface area contributed by atoms with E-state index < -0.39 is 24.0 Å². The fraction of sp³-hybridized carbons (Fsp3) is 0.0769. The van der Waals surface area contributed by atoms with Crippen LogP contribution >= 0.6 is 23.8 Å². The Bertz CT molecular complexity index is 1510. The molecule has 11 heteroatoms. The quantitative estimate of drug-likeness (QED) is 0.241. The summed E-state index contributed by atoms with van der Waals surface area (Å²) >= 11 is 11.9. The smallest absolute Gasteiger partial charge is 0.335 e. The number of aromatic carboxylic acids is 2. The lowest BCUT2D eigenvalue weighted by Gasteiger charge is -2.26. The van der Waals surface area contributed by atoms with E-state index in [9.17, 15) is 24.9 Å². The van der Waals surface area contributed by atoms with Crippen LogP contribution in [0, 0.1) is 0 Å². The number of thiocarbonyl (C=S) groups is 1. The van der Waals surface area contributed by atoms with Crippen LogP contribution in [0.5, 0.6) is 5.75 Å². The van der Waals surface area contributed by atoms with Crippen molar-refractivity contribution >= 4 is 46.6 Å². The summed E-state index contributed by atoms with van der Waals surface area (Å²) in [6.07, 6.45) is 1.65. The van der Waals surface area contributed by atoms with Crippen LogP contribution in [0.25, 0.3) is 11.3 Å². The van der Waals surface area contributed by atoms with Crippen LogP contribution in [0.3, 0.4) is 0 Å². The molecule has 1 fully saturated rings. The Hall–Kier alpha value is -4.41. The molecular formula is C26H18ClN3O6S. The normalized spacial score (nSPS) is 17.0. The van der Waals surface area contributed by atoms with Crippen molar-refractivity contribution in [2.24, 2.45) is 0 Å². The molecule has 1 saturated heterocycles. The Morgan fingerprint density at radius 3 is 2.38 bits per heavy atom. The third-order valence-electron chi connectivity index (χ3n) is 5.92. The average molecular weight is 536 g/mol. The molecule has 2 aromatic heterocycles. The number of carboxylic acid groups (broad SMARTS) is 2. The minimum Gasteiger partial charge on any atom is -0.506 e. The van der Waals surface area contributed by atoms with E-state index in [0.717, 1.165) is 6.07 Å². The summed E-state index contributed by atoms with van der Waals surface area (Å²) < 4.78 is 6.18. The molecular weight excluding hydrogens is 518 g/mol. The van der Waals surface area contributed by atoms with E-state index in [0.29, 0.717) is 27.3 Å². The number of carbonyl (C=O) groups is 2. The highest BCUT2D eigenvalue weighted by atomic mass is 35.5. The highest BCUT2D eigenvalue weighted by molar-refractivity contribution is 7.80. The van der Waals surface area contributed by atoms with Gasteiger partial charge in [0.1, 0.15) is 23.3 Å². The molecule has 1 aliphatic heterocycles. The highest BCUT2D eigenvalue weighted by Crippen LogP contribution is 2.45. The van der Waals surface area contributed by atoms with Gasteiger partial charge in [-0.15, -0.1) is 0 Å². The number of nitrogens with one attached hydrogen (secondary N) is 1. The molecule has 1 aliphatic rings. The lowest BCUT2D eigenvalue weighted by Crippen LogP contribution is -2.29. The van der Waals surface area contributed by atoms with Gasteiger partial charge in [0, 0.05) is 16.8 Å². The van der Waals surface area contributed by atoms with Gasteiger partial charge < -0.3 is 30.0 Å². The number of phenols is 1. The second-order valence-corrected chi connectivity index (χ2v) is 9.06. The molecule has 3 heterocycles. The molecule has 4 aromatic rings. The molecule has 5 rings (SSSR count). The summed E-state index contributed by atoms with van der Waals surface area (Å²) in [6, 6.07) is 16.0. The van der Waals surface area contributed by atoms with Gasteiger partial charge >= 0.3 is 11.9 Å². The maximum absolute atomic E-state index is 11.6. The van der Waals surface area contributed by atoms with E-state index in [2.05, 4.69) is 10.3 Å². The largest absolute Gasteiger partial charge is 0.506 e. The Morgan fingerprint density at radius 1 is 1.00 bits per heavy atom. The molecule has 0 bridgehead atoms. The van der Waals surface area contributed by atoms with Crippen molar-refractivity contribution < 1.29 is 29.3 Å². The van der Waals surface area contributed by atoms with Gasteiger partial charge in [-0.1, -0.05) is 17.7 Å². The first-order valence-corrected chi connectivity index (χ1v) is 11.7. The Balaban J connectivity index is 1.64. The summed E-state index contributed by atoms with van der Waals surface area (Å²) in [7, 11) is 0. The molecule has 186 valence electrons. The highest BCUT2D eigenvalue weighted by Gasteiger charge is 2.43. The van der Waals surface area contributed by atoms with E-state index in [1.165, 1.54) is 18.2 Å². The first-order valence-electron chi connectivity index (χ1n) is 10.9. The van der Waals surface area contributed by atoms with Gasteiger partial charge in [-0.2, -0.15) is 0 Å². The minimum absolute atomic E-state index is 0.0488. The summed E-state index contributed by atoms with van der Waals surface area (Å²) in [4.78, 5) is 29.3. The number of halogens is 1. The third-order valence-corrected chi connectivity index (χ3v) is 6.47. The van der Waals surface area contributed by atoms with Crippen LogP contribution in [0.4, 0.5) is 5.69 Å². The van der Waals surface area contributed by atoms with Gasteiger partial charge in [0.25, 0.3) is 0 Å². The van der Waals surface area contributed by atoms with Crippen LogP contribution in [0.2, 0.25) is 5.02 Å². The number of hydrogen-bond donors (Lipinski definition) is 4. The monoisotopic (exact) mass is 535 g/mol. The molecule has 4 N–H and O–H groups in total. The van der Waals surface area contributed by atoms with Gasteiger partial charge in [0.2, 0.25) is 0 Å². The first kappa shape index (κ1) is 24.3. The van der Waals surface area contributed by atoms with Crippen LogP contribution < -0.4 is 10.2 Å². The van der Waals surface area contributed by atoms with Gasteiger partial charge in [-0.05, 0) is 72.9 Å². The van der Waals surface area contributed by atoms with Crippen LogP contribution in [0.15, 0.2) is 77.3 Å². The van der Waals surface area contributed by atoms with Crippen molar-refractivity contribution in [3.05, 3.63) is 101 Å². The lowest BCUT2D eigenvalue weighted by molar-refractivity contribution is 0.0696. The average Bonchev–Trinajstić information content (AvgIpc) is 3.50. The molecule has 2 aromatic carbocycles. The summed E-state index contributed by atoms with van der Waals surface area (Å²) in [5.41, 5.74) is 0.927. The van der Waals surface area contributed by atoms with E-state index >= 15 is 0 Å². The maximum Gasteiger partial charge on any atom is 0.335 e. The molecule has 9 nitrogen and oxygen atoms in total. The van der Waals surface area contributed by atoms with Gasteiger partial charge in [0.15, 0.2) is 5.11 Å². The fourth-order valence-electron chi connectivity index (χ4n) is 4.28. The fourth-order valence-corrected chi connectivity index (χ4v) is 4.78. The van der Waals surface area contributed by atoms with Crippen molar-refractivity contribution in [2.75, 3.05) is 4.90 Å². The van der Waals surface area contributed by atoms with Crippen LogP contribution in [-0.2, 0) is 0 Å². The van der Waals surface area contributed by atoms with Gasteiger partial charge in [0.05, 0.1) is 28.6 Å². The molecule has 37 heavy (non-hydrogen) atoms. The summed E-state index contributed by atoms with van der Waals surface area (Å²) in [6.45, 7) is 0. The lowest BCUT2D eigenvalue weighted by atomic mass is 10.0. The Labute approximate surface area is 220 Å². The van der Waals surface area contributed by atoms with Crippen molar-refractivity contribution in [1.29, 1.82) is 0 Å². The topological polar surface area (TPSA) is 136 Å². The number of pyridine rings is 1. The van der Waals surface area contributed by atoms with Gasteiger partial charge in [-0.3, -0.25) is 4.98 Å². The zero-order valence-electron chi connectivity index (χ0n) is 18.8. The molecule has 0 aliphatic carbocycles. The first-order chi connectivity index (χ1) is 17.7. The number of benzene rings is 2. The van der Waals surface area contributed by atoms with Crippen LogP contribution in [0.1, 0.15) is 44.3 Å². The second-order valence-electron chi connectivity index (χ2n) is 8.24. The summed E-state index contributed by atoms with van der Waals surface area (Å²) in [5, 5.41) is 33.5. The number of nitrogens with zero attached hydrogens (tertiary/aromatic N) is 2.